The molecule has 0 radical (unpaired) electrons. The maximum atomic E-state index is 13.5. The predicted molar refractivity (Wildman–Crippen MR) is 69.8 cm³/mol. The maximum absolute atomic E-state index is 13.5. The summed E-state index contributed by atoms with van der Waals surface area (Å²) in [5.74, 6) is -1.23. The van der Waals surface area contributed by atoms with E-state index < -0.39 is 29.4 Å². The van der Waals surface area contributed by atoms with Gasteiger partial charge in [-0.3, -0.25) is 0 Å². The van der Waals surface area contributed by atoms with Gasteiger partial charge in [-0.25, -0.2) is 8.78 Å². The van der Waals surface area contributed by atoms with Crippen molar-refractivity contribution in [3.8, 4) is 0 Å². The van der Waals surface area contributed by atoms with E-state index in [1.165, 1.54) is 12.1 Å². The Balaban J connectivity index is 2.17. The highest BCUT2D eigenvalue weighted by Crippen LogP contribution is 2.30. The van der Waals surface area contributed by atoms with Crippen LogP contribution in [0, 0.1) is 11.6 Å². The third-order valence-electron chi connectivity index (χ3n) is 3.04. The van der Waals surface area contributed by atoms with E-state index in [9.17, 15) is 22.0 Å². The third-order valence-corrected chi connectivity index (χ3v) is 3.04. The number of benzene rings is 2. The normalized spacial score (nSPS) is 13.0. The van der Waals surface area contributed by atoms with Crippen LogP contribution >= 0.6 is 0 Å². The summed E-state index contributed by atoms with van der Waals surface area (Å²) in [5, 5.41) is 2.73. The molecule has 2 aromatic carbocycles. The summed E-state index contributed by atoms with van der Waals surface area (Å²) in [7, 11) is 0. The zero-order valence-electron chi connectivity index (χ0n) is 11.0. The molecule has 6 heteroatoms. The van der Waals surface area contributed by atoms with E-state index in [1.807, 2.05) is 0 Å². The number of alkyl halides is 3. The Hall–Kier alpha value is -2.11. The van der Waals surface area contributed by atoms with Crippen molar-refractivity contribution in [3.63, 3.8) is 0 Å². The molecule has 1 nitrogen and oxygen atoms in total. The minimum absolute atomic E-state index is 0.0394. The first-order chi connectivity index (χ1) is 9.77. The molecule has 0 aliphatic heterocycles. The van der Waals surface area contributed by atoms with Crippen LogP contribution in [0.1, 0.15) is 24.1 Å². The van der Waals surface area contributed by atoms with Gasteiger partial charge in [-0.05, 0) is 42.8 Å². The fourth-order valence-electron chi connectivity index (χ4n) is 1.89. The average molecular weight is 301 g/mol. The van der Waals surface area contributed by atoms with E-state index in [4.69, 9.17) is 0 Å². The Morgan fingerprint density at radius 1 is 0.952 bits per heavy atom. The first-order valence-corrected chi connectivity index (χ1v) is 6.16. The molecule has 0 aliphatic carbocycles. The van der Waals surface area contributed by atoms with Gasteiger partial charge in [0.1, 0.15) is 11.6 Å². The van der Waals surface area contributed by atoms with Crippen molar-refractivity contribution in [1.29, 1.82) is 0 Å². The van der Waals surface area contributed by atoms with Gasteiger partial charge in [-0.1, -0.05) is 12.1 Å². The molecular formula is C15H12F5N. The smallest absolute Gasteiger partial charge is 0.376 e. The molecule has 0 aromatic heterocycles. The molecular weight excluding hydrogens is 289 g/mol. The van der Waals surface area contributed by atoms with Gasteiger partial charge in [0, 0.05) is 6.04 Å². The molecule has 0 saturated heterocycles. The van der Waals surface area contributed by atoms with E-state index in [2.05, 4.69) is 5.32 Å². The second-order valence-corrected chi connectivity index (χ2v) is 4.61. The molecule has 0 aliphatic rings. The van der Waals surface area contributed by atoms with Crippen molar-refractivity contribution in [2.24, 2.45) is 0 Å². The Kier molecular flexibility index (Phi) is 4.16. The number of anilines is 1. The number of halogens is 5. The maximum Gasteiger partial charge on any atom is 0.416 e. The third kappa shape index (κ3) is 3.71. The van der Waals surface area contributed by atoms with Crippen LogP contribution in [0.5, 0.6) is 0 Å². The van der Waals surface area contributed by atoms with Crippen molar-refractivity contribution < 1.29 is 22.0 Å². The van der Waals surface area contributed by atoms with Crippen molar-refractivity contribution >= 4 is 5.69 Å². The van der Waals surface area contributed by atoms with Gasteiger partial charge in [0.05, 0.1) is 11.3 Å². The topological polar surface area (TPSA) is 12.0 Å². The van der Waals surface area contributed by atoms with E-state index in [1.54, 1.807) is 6.92 Å². The summed E-state index contributed by atoms with van der Waals surface area (Å²) in [6.07, 6.45) is -4.40. The molecule has 2 aromatic rings. The lowest BCUT2D eigenvalue weighted by molar-refractivity contribution is -0.137. The summed E-state index contributed by atoms with van der Waals surface area (Å²) in [6.45, 7) is 1.65. The van der Waals surface area contributed by atoms with Crippen LogP contribution in [-0.2, 0) is 6.18 Å². The second-order valence-electron chi connectivity index (χ2n) is 4.61. The first kappa shape index (κ1) is 15.3. The molecule has 0 spiro atoms. The Labute approximate surface area is 118 Å². The molecule has 1 N–H and O–H groups in total. The van der Waals surface area contributed by atoms with Gasteiger partial charge in [0.25, 0.3) is 0 Å². The monoisotopic (exact) mass is 301 g/mol. The van der Waals surface area contributed by atoms with Crippen molar-refractivity contribution in [2.45, 2.75) is 19.1 Å². The summed E-state index contributed by atoms with van der Waals surface area (Å²) >= 11 is 0. The Morgan fingerprint density at radius 2 is 1.57 bits per heavy atom. The quantitative estimate of drug-likeness (QED) is 0.772. The number of rotatable bonds is 3. The van der Waals surface area contributed by atoms with Crippen molar-refractivity contribution in [1.82, 2.24) is 0 Å². The zero-order valence-corrected chi connectivity index (χ0v) is 11.0. The summed E-state index contributed by atoms with van der Waals surface area (Å²) < 4.78 is 63.9. The van der Waals surface area contributed by atoms with Crippen molar-refractivity contribution in [3.05, 3.63) is 65.2 Å². The van der Waals surface area contributed by atoms with Gasteiger partial charge in [-0.15, -0.1) is 0 Å². The molecule has 0 fully saturated rings. The summed E-state index contributed by atoms with van der Waals surface area (Å²) in [5.41, 5.74) is -0.260. The van der Waals surface area contributed by atoms with Crippen LogP contribution in [0.25, 0.3) is 0 Å². The fourth-order valence-corrected chi connectivity index (χ4v) is 1.89. The minimum atomic E-state index is -4.40. The van der Waals surface area contributed by atoms with Gasteiger partial charge in [0.15, 0.2) is 0 Å². The van der Waals surface area contributed by atoms with Gasteiger partial charge in [-0.2, -0.15) is 13.2 Å². The molecule has 112 valence electrons. The molecule has 0 saturated carbocycles. The standard InChI is InChI=1S/C15H12F5N/c1-9(21-14-8-12(16)6-7-13(14)17)10-2-4-11(5-3-10)15(18,19)20/h2-9,21H,1H3. The van der Waals surface area contributed by atoms with Crippen molar-refractivity contribution in [2.75, 3.05) is 5.32 Å². The minimum Gasteiger partial charge on any atom is -0.376 e. The van der Waals surface area contributed by atoms with Crippen LogP contribution in [0.15, 0.2) is 42.5 Å². The molecule has 21 heavy (non-hydrogen) atoms. The van der Waals surface area contributed by atoms with Crippen LogP contribution in [0.4, 0.5) is 27.6 Å². The molecule has 1 atom stereocenters. The summed E-state index contributed by atoms with van der Waals surface area (Å²) in [4.78, 5) is 0. The van der Waals surface area contributed by atoms with Crippen LogP contribution in [0.2, 0.25) is 0 Å². The zero-order chi connectivity index (χ0) is 15.6. The van der Waals surface area contributed by atoms with Gasteiger partial charge >= 0.3 is 6.18 Å². The number of hydrogen-bond acceptors (Lipinski definition) is 1. The lowest BCUT2D eigenvalue weighted by Crippen LogP contribution is -2.10. The van der Waals surface area contributed by atoms with E-state index >= 15 is 0 Å². The van der Waals surface area contributed by atoms with E-state index in [0.717, 1.165) is 30.3 Å². The number of nitrogens with one attached hydrogen (secondary N) is 1. The van der Waals surface area contributed by atoms with Crippen LogP contribution in [0.3, 0.4) is 0 Å². The molecule has 1 unspecified atom stereocenters. The average Bonchev–Trinajstić information content (AvgIpc) is 2.42. The molecule has 0 bridgehead atoms. The van der Waals surface area contributed by atoms with E-state index in [0.29, 0.717) is 5.56 Å². The van der Waals surface area contributed by atoms with E-state index in [-0.39, 0.29) is 5.69 Å². The van der Waals surface area contributed by atoms with Gasteiger partial charge < -0.3 is 5.32 Å². The highest BCUT2D eigenvalue weighted by atomic mass is 19.4. The highest BCUT2D eigenvalue weighted by Gasteiger charge is 2.30. The SMILES string of the molecule is CC(Nc1cc(F)ccc1F)c1ccc(C(F)(F)F)cc1. The number of hydrogen-bond donors (Lipinski definition) is 1. The van der Waals surface area contributed by atoms with Gasteiger partial charge in [0.2, 0.25) is 0 Å². The largest absolute Gasteiger partial charge is 0.416 e. The first-order valence-electron chi connectivity index (χ1n) is 6.16. The predicted octanol–water partition coefficient (Wildman–Crippen LogP) is 5.16. The van der Waals surface area contributed by atoms with Crippen LogP contribution in [-0.4, -0.2) is 0 Å². The lowest BCUT2D eigenvalue weighted by Gasteiger charge is -2.17. The Morgan fingerprint density at radius 3 is 2.14 bits per heavy atom. The fraction of sp³-hybridized carbons (Fsp3) is 0.200. The Bertz CT molecular complexity index is 619. The van der Waals surface area contributed by atoms with Crippen LogP contribution < -0.4 is 5.32 Å². The summed E-state index contributed by atoms with van der Waals surface area (Å²) in [6, 6.07) is 7.01. The lowest BCUT2D eigenvalue weighted by atomic mass is 10.1. The highest BCUT2D eigenvalue weighted by molar-refractivity contribution is 5.47. The molecule has 0 amide bonds. The molecule has 2 rings (SSSR count). The molecule has 0 heterocycles. The second kappa shape index (κ2) is 5.71.